The fourth-order valence-electron chi connectivity index (χ4n) is 2.11. The van der Waals surface area contributed by atoms with Crippen LogP contribution in [0, 0.1) is 0 Å². The highest BCUT2D eigenvalue weighted by molar-refractivity contribution is 4.93. The van der Waals surface area contributed by atoms with E-state index in [4.69, 9.17) is 10.5 Å². The van der Waals surface area contributed by atoms with Gasteiger partial charge < -0.3 is 15.0 Å². The van der Waals surface area contributed by atoms with E-state index in [1.54, 1.807) is 22.9 Å². The average molecular weight is 222 g/mol. The van der Waals surface area contributed by atoms with Crippen LogP contribution >= 0.6 is 0 Å². The van der Waals surface area contributed by atoms with E-state index in [2.05, 4.69) is 0 Å². The molecule has 2 atom stereocenters. The highest BCUT2D eigenvalue weighted by Crippen LogP contribution is 2.19. The normalized spacial score (nSPS) is 24.8. The summed E-state index contributed by atoms with van der Waals surface area (Å²) in [7, 11) is 0. The number of rotatable bonds is 4. The van der Waals surface area contributed by atoms with Crippen LogP contribution in [0.15, 0.2) is 29.2 Å². The van der Waals surface area contributed by atoms with Crippen LogP contribution in [0.1, 0.15) is 19.3 Å². The van der Waals surface area contributed by atoms with Crippen molar-refractivity contribution >= 4 is 0 Å². The zero-order chi connectivity index (χ0) is 11.4. The molecule has 1 heterocycles. The molecule has 0 saturated heterocycles. The molecule has 0 bridgehead atoms. The zero-order valence-corrected chi connectivity index (χ0v) is 9.34. The Kier molecular flexibility index (Phi) is 3.74. The lowest BCUT2D eigenvalue weighted by molar-refractivity contribution is 0.0426. The maximum Gasteiger partial charge on any atom is 0.250 e. The fourth-order valence-corrected chi connectivity index (χ4v) is 2.11. The molecule has 0 aliphatic heterocycles. The summed E-state index contributed by atoms with van der Waals surface area (Å²) in [5.41, 5.74) is 5.91. The summed E-state index contributed by atoms with van der Waals surface area (Å²) in [6.07, 6.45) is 5.21. The Hall–Kier alpha value is -1.13. The van der Waals surface area contributed by atoms with E-state index in [-0.39, 0.29) is 17.7 Å². The summed E-state index contributed by atoms with van der Waals surface area (Å²) >= 11 is 0. The van der Waals surface area contributed by atoms with E-state index in [0.29, 0.717) is 13.2 Å². The first kappa shape index (κ1) is 11.4. The van der Waals surface area contributed by atoms with E-state index in [9.17, 15) is 4.79 Å². The molecule has 1 fully saturated rings. The Bertz CT molecular complexity index is 389. The van der Waals surface area contributed by atoms with Crippen molar-refractivity contribution in [2.24, 2.45) is 5.73 Å². The van der Waals surface area contributed by atoms with Crippen molar-refractivity contribution < 1.29 is 4.74 Å². The number of pyridine rings is 1. The molecular formula is C12H18N2O2. The van der Waals surface area contributed by atoms with Crippen molar-refractivity contribution in [2.45, 2.75) is 38.0 Å². The fraction of sp³-hybridized carbons (Fsp3) is 0.583. The van der Waals surface area contributed by atoms with Crippen LogP contribution in [0.2, 0.25) is 0 Å². The lowest BCUT2D eigenvalue weighted by Gasteiger charge is -2.16. The van der Waals surface area contributed by atoms with E-state index in [0.717, 1.165) is 19.3 Å². The van der Waals surface area contributed by atoms with Crippen molar-refractivity contribution in [1.82, 2.24) is 4.57 Å². The third kappa shape index (κ3) is 2.71. The van der Waals surface area contributed by atoms with Gasteiger partial charge in [0.05, 0.1) is 12.7 Å². The Labute approximate surface area is 95.0 Å². The number of hydrogen-bond acceptors (Lipinski definition) is 3. The van der Waals surface area contributed by atoms with Gasteiger partial charge in [-0.25, -0.2) is 0 Å². The Balaban J connectivity index is 1.80. The first-order chi connectivity index (χ1) is 7.77. The molecule has 0 radical (unpaired) electrons. The second-order valence-corrected chi connectivity index (χ2v) is 4.24. The Morgan fingerprint density at radius 1 is 1.44 bits per heavy atom. The van der Waals surface area contributed by atoms with Gasteiger partial charge in [0.2, 0.25) is 0 Å². The highest BCUT2D eigenvalue weighted by Gasteiger charge is 2.24. The van der Waals surface area contributed by atoms with E-state index in [1.165, 1.54) is 0 Å². The van der Waals surface area contributed by atoms with Crippen LogP contribution < -0.4 is 11.3 Å². The van der Waals surface area contributed by atoms with Gasteiger partial charge in [-0.3, -0.25) is 4.79 Å². The van der Waals surface area contributed by atoms with E-state index < -0.39 is 0 Å². The van der Waals surface area contributed by atoms with Gasteiger partial charge in [0.15, 0.2) is 0 Å². The SMILES string of the molecule is NC1CCCC1OCCn1ccccc1=O. The van der Waals surface area contributed by atoms with Gasteiger partial charge in [-0.2, -0.15) is 0 Å². The molecule has 2 rings (SSSR count). The summed E-state index contributed by atoms with van der Waals surface area (Å²) in [5, 5.41) is 0. The maximum atomic E-state index is 11.4. The molecule has 1 aromatic heterocycles. The van der Waals surface area contributed by atoms with Crippen molar-refractivity contribution in [1.29, 1.82) is 0 Å². The summed E-state index contributed by atoms with van der Waals surface area (Å²) in [6, 6.07) is 5.32. The second kappa shape index (κ2) is 5.27. The van der Waals surface area contributed by atoms with Gasteiger partial charge in [-0.15, -0.1) is 0 Å². The average Bonchev–Trinajstić information content (AvgIpc) is 2.67. The minimum Gasteiger partial charge on any atom is -0.375 e. The summed E-state index contributed by atoms with van der Waals surface area (Å²) in [6.45, 7) is 1.16. The minimum atomic E-state index is 0.0156. The number of nitrogens with zero attached hydrogens (tertiary/aromatic N) is 1. The molecule has 1 aliphatic carbocycles. The number of ether oxygens (including phenoxy) is 1. The van der Waals surface area contributed by atoms with Gasteiger partial charge in [0, 0.05) is 24.8 Å². The summed E-state index contributed by atoms with van der Waals surface area (Å²) < 4.78 is 7.34. The molecule has 0 amide bonds. The summed E-state index contributed by atoms with van der Waals surface area (Å²) in [4.78, 5) is 11.4. The monoisotopic (exact) mass is 222 g/mol. The molecule has 1 aromatic rings. The predicted octanol–water partition coefficient (Wildman–Crippen LogP) is 0.745. The largest absolute Gasteiger partial charge is 0.375 e. The van der Waals surface area contributed by atoms with E-state index in [1.807, 2.05) is 6.07 Å². The number of hydrogen-bond donors (Lipinski definition) is 1. The lowest BCUT2D eigenvalue weighted by Crippen LogP contribution is -2.32. The predicted molar refractivity (Wildman–Crippen MR) is 62.3 cm³/mol. The summed E-state index contributed by atoms with van der Waals surface area (Å²) in [5.74, 6) is 0. The molecule has 0 spiro atoms. The highest BCUT2D eigenvalue weighted by atomic mass is 16.5. The first-order valence-electron chi connectivity index (χ1n) is 5.80. The Morgan fingerprint density at radius 2 is 2.31 bits per heavy atom. The van der Waals surface area contributed by atoms with E-state index >= 15 is 0 Å². The number of aromatic nitrogens is 1. The van der Waals surface area contributed by atoms with Crippen LogP contribution in [0.3, 0.4) is 0 Å². The third-order valence-electron chi connectivity index (χ3n) is 3.07. The van der Waals surface area contributed by atoms with Crippen molar-refractivity contribution in [3.63, 3.8) is 0 Å². The molecule has 2 N–H and O–H groups in total. The maximum absolute atomic E-state index is 11.4. The lowest BCUT2D eigenvalue weighted by atomic mass is 10.2. The molecule has 0 aromatic carbocycles. The molecule has 1 aliphatic rings. The second-order valence-electron chi connectivity index (χ2n) is 4.24. The van der Waals surface area contributed by atoms with Gasteiger partial charge in [0.1, 0.15) is 0 Å². The topological polar surface area (TPSA) is 57.2 Å². The van der Waals surface area contributed by atoms with Crippen LogP contribution in [0.5, 0.6) is 0 Å². The van der Waals surface area contributed by atoms with Gasteiger partial charge in [0.25, 0.3) is 5.56 Å². The van der Waals surface area contributed by atoms with Gasteiger partial charge >= 0.3 is 0 Å². The van der Waals surface area contributed by atoms with Gasteiger partial charge in [-0.05, 0) is 25.3 Å². The quantitative estimate of drug-likeness (QED) is 0.817. The minimum absolute atomic E-state index is 0.0156. The van der Waals surface area contributed by atoms with Crippen molar-refractivity contribution in [2.75, 3.05) is 6.61 Å². The zero-order valence-electron chi connectivity index (χ0n) is 9.34. The molecule has 2 unspecified atom stereocenters. The standard InChI is InChI=1S/C12H18N2O2/c13-10-4-3-5-11(10)16-9-8-14-7-2-1-6-12(14)15/h1-2,6-7,10-11H,3-5,8-9,13H2. The molecule has 88 valence electrons. The van der Waals surface area contributed by atoms with Gasteiger partial charge in [-0.1, -0.05) is 6.07 Å². The molecule has 1 saturated carbocycles. The molecular weight excluding hydrogens is 204 g/mol. The van der Waals surface area contributed by atoms with Crippen LogP contribution in [0.4, 0.5) is 0 Å². The van der Waals surface area contributed by atoms with Crippen molar-refractivity contribution in [3.8, 4) is 0 Å². The molecule has 4 nitrogen and oxygen atoms in total. The van der Waals surface area contributed by atoms with Crippen LogP contribution in [-0.4, -0.2) is 23.3 Å². The van der Waals surface area contributed by atoms with Crippen LogP contribution in [-0.2, 0) is 11.3 Å². The molecule has 4 heteroatoms. The third-order valence-corrected chi connectivity index (χ3v) is 3.07. The molecule has 16 heavy (non-hydrogen) atoms. The smallest absolute Gasteiger partial charge is 0.250 e. The number of nitrogens with two attached hydrogens (primary N) is 1. The van der Waals surface area contributed by atoms with Crippen LogP contribution in [0.25, 0.3) is 0 Å². The van der Waals surface area contributed by atoms with Crippen molar-refractivity contribution in [3.05, 3.63) is 34.7 Å². The Morgan fingerprint density at radius 3 is 3.00 bits per heavy atom. The first-order valence-corrected chi connectivity index (χ1v) is 5.80.